The highest BCUT2D eigenvalue weighted by atomic mass is 32.1. The summed E-state index contributed by atoms with van der Waals surface area (Å²) in [6.07, 6.45) is 7.74. The number of hydrogen-bond acceptors (Lipinski definition) is 6. The third kappa shape index (κ3) is 4.92. The second-order valence-corrected chi connectivity index (χ2v) is 11.9. The molecule has 7 nitrogen and oxygen atoms in total. The van der Waals surface area contributed by atoms with Gasteiger partial charge in [-0.2, -0.15) is 10.4 Å². The van der Waals surface area contributed by atoms with Gasteiger partial charge in [-0.3, -0.25) is 9.48 Å². The van der Waals surface area contributed by atoms with Crippen LogP contribution in [-0.4, -0.2) is 45.2 Å². The SMILES string of the molecule is C=CC(=O)N1CCC(n2cc(-c3nc(-c4ccc5c(c4)CCNC5)c4ccsc4c3-c3ccc(F)cc3C#N)cn2)CC1. The summed E-state index contributed by atoms with van der Waals surface area (Å²) in [4.78, 5) is 19.2. The van der Waals surface area contributed by atoms with Gasteiger partial charge in [0.25, 0.3) is 0 Å². The molecular formula is C34H29FN6OS. The molecule has 1 fully saturated rings. The molecule has 0 aliphatic carbocycles. The first kappa shape index (κ1) is 27.2. The number of nitrogens with zero attached hydrogens (tertiary/aromatic N) is 5. The van der Waals surface area contributed by atoms with E-state index in [9.17, 15) is 14.4 Å². The Labute approximate surface area is 252 Å². The highest BCUT2D eigenvalue weighted by Crippen LogP contribution is 2.44. The molecule has 1 saturated heterocycles. The summed E-state index contributed by atoms with van der Waals surface area (Å²) in [6.45, 7) is 6.72. The van der Waals surface area contributed by atoms with Crippen molar-refractivity contribution in [3.8, 4) is 39.7 Å². The molecule has 3 aromatic heterocycles. The van der Waals surface area contributed by atoms with Crippen LogP contribution in [0.15, 0.2) is 72.9 Å². The molecule has 2 aliphatic heterocycles. The number of halogens is 1. The van der Waals surface area contributed by atoms with Gasteiger partial charge in [-0.25, -0.2) is 9.37 Å². The van der Waals surface area contributed by atoms with Crippen LogP contribution in [0, 0.1) is 17.1 Å². The second-order valence-electron chi connectivity index (χ2n) is 11.0. The maximum absolute atomic E-state index is 14.2. The fourth-order valence-electron chi connectivity index (χ4n) is 6.30. The van der Waals surface area contributed by atoms with Crippen LogP contribution >= 0.6 is 11.3 Å². The van der Waals surface area contributed by atoms with Gasteiger partial charge in [0.2, 0.25) is 5.91 Å². The Balaban J connectivity index is 1.38. The zero-order valence-corrected chi connectivity index (χ0v) is 24.3. The molecule has 1 N–H and O–H groups in total. The summed E-state index contributed by atoms with van der Waals surface area (Å²) in [6, 6.07) is 15.3. The maximum atomic E-state index is 14.2. The summed E-state index contributed by atoms with van der Waals surface area (Å²) < 4.78 is 17.2. The summed E-state index contributed by atoms with van der Waals surface area (Å²) in [5.74, 6) is -0.497. The number of fused-ring (bicyclic) bond motifs is 2. The molecule has 0 bridgehead atoms. The van der Waals surface area contributed by atoms with Crippen LogP contribution in [-0.2, 0) is 17.8 Å². The lowest BCUT2D eigenvalue weighted by molar-refractivity contribution is -0.127. The van der Waals surface area contributed by atoms with Crippen LogP contribution in [0.25, 0.3) is 43.7 Å². The lowest BCUT2D eigenvalue weighted by atomic mass is 9.92. The van der Waals surface area contributed by atoms with E-state index in [0.29, 0.717) is 24.3 Å². The molecule has 43 heavy (non-hydrogen) atoms. The van der Waals surface area contributed by atoms with E-state index in [0.717, 1.165) is 64.8 Å². The number of amides is 1. The van der Waals surface area contributed by atoms with Gasteiger partial charge in [0.15, 0.2) is 0 Å². The van der Waals surface area contributed by atoms with Crippen molar-refractivity contribution in [3.05, 3.63) is 95.4 Å². The monoisotopic (exact) mass is 588 g/mol. The first-order valence-corrected chi connectivity index (χ1v) is 15.3. The number of carbonyl (C=O) groups excluding carboxylic acids is 1. The normalized spacial score (nSPS) is 15.3. The van der Waals surface area contributed by atoms with Crippen molar-refractivity contribution < 1.29 is 9.18 Å². The molecule has 0 unspecified atom stereocenters. The van der Waals surface area contributed by atoms with Crippen molar-refractivity contribution in [3.63, 3.8) is 0 Å². The number of aromatic nitrogens is 3. The van der Waals surface area contributed by atoms with Gasteiger partial charge in [0.05, 0.1) is 35.3 Å². The van der Waals surface area contributed by atoms with Gasteiger partial charge in [-0.1, -0.05) is 24.8 Å². The Morgan fingerprint density at radius 3 is 2.79 bits per heavy atom. The van der Waals surface area contributed by atoms with Crippen LogP contribution in [0.4, 0.5) is 4.39 Å². The van der Waals surface area contributed by atoms with E-state index >= 15 is 0 Å². The minimum absolute atomic E-state index is 0.0451. The lowest BCUT2D eigenvalue weighted by Gasteiger charge is -2.31. The quantitative estimate of drug-likeness (QED) is 0.237. The molecule has 2 aliphatic rings. The Hall–Kier alpha value is -4.65. The first-order valence-electron chi connectivity index (χ1n) is 14.4. The van der Waals surface area contributed by atoms with Gasteiger partial charge in [-0.15, -0.1) is 11.3 Å². The number of piperidine rings is 1. The molecule has 214 valence electrons. The van der Waals surface area contributed by atoms with Crippen molar-refractivity contribution in [2.75, 3.05) is 19.6 Å². The highest BCUT2D eigenvalue weighted by molar-refractivity contribution is 7.18. The standard InChI is InChI=1S/C34H29FN6OS/c1-2-30(42)40-12-8-27(9-13-40)41-20-25(19-38-41)33-31(28-6-5-26(35)16-24(28)17-36)34-29(10-14-43-34)32(39-33)22-3-4-23-18-37-11-7-21(23)15-22/h2-6,10,14-16,19-20,27,37H,1,7-9,11-13,18H2. The predicted molar refractivity (Wildman–Crippen MR) is 167 cm³/mol. The fraction of sp³-hybridized carbons (Fsp3) is 0.235. The first-order chi connectivity index (χ1) is 21.0. The molecule has 0 spiro atoms. The number of likely N-dealkylation sites (tertiary alicyclic amines) is 1. The van der Waals surface area contributed by atoms with Crippen LogP contribution in [0.1, 0.15) is 35.6 Å². The van der Waals surface area contributed by atoms with Crippen molar-refractivity contribution in [1.82, 2.24) is 25.0 Å². The molecule has 5 aromatic rings. The Bertz CT molecular complexity index is 1930. The molecule has 7 rings (SSSR count). The summed E-state index contributed by atoms with van der Waals surface area (Å²) in [5, 5.41) is 21.2. The maximum Gasteiger partial charge on any atom is 0.245 e. The predicted octanol–water partition coefficient (Wildman–Crippen LogP) is 6.50. The van der Waals surface area contributed by atoms with Gasteiger partial charge < -0.3 is 10.2 Å². The van der Waals surface area contributed by atoms with Crippen molar-refractivity contribution in [2.24, 2.45) is 0 Å². The Kier molecular flexibility index (Phi) is 7.09. The van der Waals surface area contributed by atoms with Crippen LogP contribution < -0.4 is 5.32 Å². The zero-order chi connectivity index (χ0) is 29.5. The van der Waals surface area contributed by atoms with E-state index in [1.165, 1.54) is 29.3 Å². The minimum Gasteiger partial charge on any atom is -0.339 e. The van der Waals surface area contributed by atoms with Crippen LogP contribution in [0.2, 0.25) is 0 Å². The zero-order valence-electron chi connectivity index (χ0n) is 23.5. The van der Waals surface area contributed by atoms with E-state index in [2.05, 4.69) is 42.2 Å². The second kappa shape index (κ2) is 11.2. The Morgan fingerprint density at radius 2 is 1.98 bits per heavy atom. The smallest absolute Gasteiger partial charge is 0.245 e. The highest BCUT2D eigenvalue weighted by Gasteiger charge is 2.26. The number of carbonyl (C=O) groups is 1. The Morgan fingerprint density at radius 1 is 1.12 bits per heavy atom. The molecule has 9 heteroatoms. The summed E-state index contributed by atoms with van der Waals surface area (Å²) in [7, 11) is 0. The van der Waals surface area contributed by atoms with E-state index in [1.54, 1.807) is 17.4 Å². The van der Waals surface area contributed by atoms with E-state index < -0.39 is 5.82 Å². The lowest BCUT2D eigenvalue weighted by Crippen LogP contribution is -2.38. The molecule has 5 heterocycles. The molecule has 2 aromatic carbocycles. The number of rotatable bonds is 5. The van der Waals surface area contributed by atoms with Gasteiger partial charge in [-0.05, 0) is 72.7 Å². The van der Waals surface area contributed by atoms with Crippen molar-refractivity contribution in [1.29, 1.82) is 5.26 Å². The number of pyridine rings is 1. The van der Waals surface area contributed by atoms with Gasteiger partial charge in [0.1, 0.15) is 5.82 Å². The largest absolute Gasteiger partial charge is 0.339 e. The number of thiophene rings is 1. The summed E-state index contributed by atoms with van der Waals surface area (Å²) >= 11 is 1.59. The average Bonchev–Trinajstić information content (AvgIpc) is 3.74. The fourth-order valence-corrected chi connectivity index (χ4v) is 7.25. The van der Waals surface area contributed by atoms with E-state index in [1.807, 2.05) is 27.4 Å². The number of hydrogen-bond donors (Lipinski definition) is 1. The van der Waals surface area contributed by atoms with E-state index in [-0.39, 0.29) is 17.5 Å². The van der Waals surface area contributed by atoms with Crippen LogP contribution in [0.3, 0.4) is 0 Å². The van der Waals surface area contributed by atoms with E-state index in [4.69, 9.17) is 10.1 Å². The third-order valence-electron chi connectivity index (χ3n) is 8.55. The molecule has 0 radical (unpaired) electrons. The molecule has 0 atom stereocenters. The van der Waals surface area contributed by atoms with Crippen molar-refractivity contribution in [2.45, 2.75) is 31.8 Å². The number of nitriles is 1. The van der Waals surface area contributed by atoms with Gasteiger partial charge in [0, 0.05) is 58.2 Å². The van der Waals surface area contributed by atoms with Crippen molar-refractivity contribution >= 4 is 27.3 Å². The topological polar surface area (TPSA) is 86.8 Å². The minimum atomic E-state index is -0.452. The van der Waals surface area contributed by atoms with Crippen LogP contribution in [0.5, 0.6) is 0 Å². The average molecular weight is 589 g/mol. The van der Waals surface area contributed by atoms with Gasteiger partial charge >= 0.3 is 0 Å². The summed E-state index contributed by atoms with van der Waals surface area (Å²) in [5.41, 5.74) is 7.79. The molecule has 1 amide bonds. The number of nitrogens with one attached hydrogen (secondary N) is 1. The molecule has 0 saturated carbocycles. The molecular weight excluding hydrogens is 559 g/mol. The number of benzene rings is 2. The third-order valence-corrected chi connectivity index (χ3v) is 9.48.